The Bertz CT molecular complexity index is 847. The van der Waals surface area contributed by atoms with Gasteiger partial charge in [-0.05, 0) is 25.1 Å². The number of aromatic nitrogens is 3. The van der Waals surface area contributed by atoms with Gasteiger partial charge in [0.25, 0.3) is 0 Å². The molecule has 0 atom stereocenters. The molecule has 0 fully saturated rings. The zero-order valence-corrected chi connectivity index (χ0v) is 11.7. The van der Waals surface area contributed by atoms with Gasteiger partial charge in [0.1, 0.15) is 5.69 Å². The highest BCUT2D eigenvalue weighted by Crippen LogP contribution is 2.30. The Morgan fingerprint density at radius 3 is 2.95 bits per heavy atom. The fraction of sp³-hybridized carbons (Fsp3) is 0.0833. The van der Waals surface area contributed by atoms with Gasteiger partial charge in [0.2, 0.25) is 11.8 Å². The Morgan fingerprint density at radius 1 is 1.38 bits per heavy atom. The molecule has 21 heavy (non-hydrogen) atoms. The van der Waals surface area contributed by atoms with Gasteiger partial charge in [-0.25, -0.2) is 9.97 Å². The van der Waals surface area contributed by atoms with E-state index < -0.39 is 4.92 Å². The Balaban J connectivity index is 2.06. The van der Waals surface area contributed by atoms with Gasteiger partial charge >= 0.3 is 5.69 Å². The molecule has 0 radical (unpaired) electrons. The first-order valence-corrected chi connectivity index (χ1v) is 6.81. The molecule has 0 aliphatic rings. The summed E-state index contributed by atoms with van der Waals surface area (Å²) in [6, 6.07) is 5.46. The maximum atomic E-state index is 11.2. The van der Waals surface area contributed by atoms with Crippen LogP contribution in [-0.2, 0) is 0 Å². The van der Waals surface area contributed by atoms with E-state index in [0.29, 0.717) is 5.69 Å². The summed E-state index contributed by atoms with van der Waals surface area (Å²) in [5, 5.41) is 14.1. The molecule has 0 amide bonds. The summed E-state index contributed by atoms with van der Waals surface area (Å²) in [5.41, 5.74) is 8.88. The first-order chi connectivity index (χ1) is 10.0. The standard InChI is InChI=1S/C12H10N6O2S/c1-6-10(18(19)20)11(17-12(13)15-6)16-7-2-3-8-9(4-7)21-5-14-8/h2-5H,1H3,(H3,13,15,16,17). The molecule has 3 aromatic rings. The number of nitrogens with zero attached hydrogens (tertiary/aromatic N) is 4. The van der Waals surface area contributed by atoms with Crippen molar-refractivity contribution >= 4 is 44.7 Å². The predicted molar refractivity (Wildman–Crippen MR) is 80.7 cm³/mol. The summed E-state index contributed by atoms with van der Waals surface area (Å²) in [6.07, 6.45) is 0. The fourth-order valence-electron chi connectivity index (χ4n) is 1.96. The van der Waals surface area contributed by atoms with Gasteiger partial charge in [-0.1, -0.05) is 0 Å². The smallest absolute Gasteiger partial charge is 0.332 e. The second-order valence-corrected chi connectivity index (χ2v) is 5.17. The van der Waals surface area contributed by atoms with E-state index in [0.717, 1.165) is 10.2 Å². The van der Waals surface area contributed by atoms with Gasteiger partial charge < -0.3 is 11.1 Å². The van der Waals surface area contributed by atoms with Gasteiger partial charge in [0.05, 0.1) is 20.7 Å². The predicted octanol–water partition coefficient (Wildman–Crippen LogP) is 2.63. The summed E-state index contributed by atoms with van der Waals surface area (Å²) < 4.78 is 0.974. The summed E-state index contributed by atoms with van der Waals surface area (Å²) in [5.74, 6) is 0.0633. The average molecular weight is 302 g/mol. The third-order valence-electron chi connectivity index (χ3n) is 2.85. The van der Waals surface area contributed by atoms with Crippen LogP contribution in [0, 0.1) is 17.0 Å². The first-order valence-electron chi connectivity index (χ1n) is 5.93. The van der Waals surface area contributed by atoms with Crippen LogP contribution < -0.4 is 11.1 Å². The van der Waals surface area contributed by atoms with Crippen molar-refractivity contribution in [2.24, 2.45) is 0 Å². The van der Waals surface area contributed by atoms with Crippen LogP contribution in [0.1, 0.15) is 5.69 Å². The number of anilines is 3. The molecule has 3 N–H and O–H groups in total. The Morgan fingerprint density at radius 2 is 2.19 bits per heavy atom. The van der Waals surface area contributed by atoms with Crippen molar-refractivity contribution in [1.82, 2.24) is 15.0 Å². The van der Waals surface area contributed by atoms with Crippen LogP contribution in [0.15, 0.2) is 23.7 Å². The molecule has 0 unspecified atom stereocenters. The van der Waals surface area contributed by atoms with E-state index in [1.54, 1.807) is 11.6 Å². The zero-order chi connectivity index (χ0) is 15.0. The maximum Gasteiger partial charge on any atom is 0.332 e. The van der Waals surface area contributed by atoms with Crippen LogP contribution in [-0.4, -0.2) is 19.9 Å². The third-order valence-corrected chi connectivity index (χ3v) is 3.64. The molecule has 0 aliphatic carbocycles. The molecule has 1 aromatic carbocycles. The van der Waals surface area contributed by atoms with Gasteiger partial charge in [-0.15, -0.1) is 11.3 Å². The molecule has 9 heteroatoms. The number of nitrogens with two attached hydrogens (primary N) is 1. The van der Waals surface area contributed by atoms with Crippen molar-refractivity contribution in [3.8, 4) is 0 Å². The quantitative estimate of drug-likeness (QED) is 0.563. The Hall–Kier alpha value is -2.81. The van der Waals surface area contributed by atoms with Crippen molar-refractivity contribution in [2.45, 2.75) is 6.92 Å². The van der Waals surface area contributed by atoms with E-state index in [1.165, 1.54) is 18.3 Å². The minimum Gasteiger partial charge on any atom is -0.368 e. The number of thiazole rings is 1. The van der Waals surface area contributed by atoms with Crippen LogP contribution >= 0.6 is 11.3 Å². The number of nitro groups is 1. The number of hydrogen-bond acceptors (Lipinski definition) is 8. The molecule has 0 spiro atoms. The van der Waals surface area contributed by atoms with E-state index in [-0.39, 0.29) is 23.1 Å². The van der Waals surface area contributed by atoms with Crippen LogP contribution in [0.25, 0.3) is 10.2 Å². The van der Waals surface area contributed by atoms with E-state index in [1.807, 2.05) is 12.1 Å². The van der Waals surface area contributed by atoms with Crippen molar-refractivity contribution in [3.63, 3.8) is 0 Å². The van der Waals surface area contributed by atoms with Gasteiger partial charge in [0.15, 0.2) is 0 Å². The molecule has 106 valence electrons. The summed E-state index contributed by atoms with van der Waals surface area (Å²) in [4.78, 5) is 22.5. The SMILES string of the molecule is Cc1nc(N)nc(Nc2ccc3ncsc3c2)c1[N+](=O)[O-]. The van der Waals surface area contributed by atoms with Crippen molar-refractivity contribution in [3.05, 3.63) is 39.5 Å². The molecule has 2 heterocycles. The van der Waals surface area contributed by atoms with Crippen LogP contribution in [0.4, 0.5) is 23.1 Å². The van der Waals surface area contributed by atoms with Gasteiger partial charge in [-0.3, -0.25) is 10.1 Å². The van der Waals surface area contributed by atoms with Crippen molar-refractivity contribution in [2.75, 3.05) is 11.1 Å². The van der Waals surface area contributed by atoms with Crippen molar-refractivity contribution in [1.29, 1.82) is 0 Å². The number of aryl methyl sites for hydroxylation is 1. The maximum absolute atomic E-state index is 11.2. The lowest BCUT2D eigenvalue weighted by Gasteiger charge is -2.08. The lowest BCUT2D eigenvalue weighted by molar-refractivity contribution is -0.385. The van der Waals surface area contributed by atoms with E-state index in [2.05, 4.69) is 20.3 Å². The van der Waals surface area contributed by atoms with E-state index in [4.69, 9.17) is 5.73 Å². The van der Waals surface area contributed by atoms with Crippen molar-refractivity contribution < 1.29 is 4.92 Å². The number of nitrogens with one attached hydrogen (secondary N) is 1. The molecule has 0 saturated heterocycles. The molecular formula is C12H10N6O2S. The lowest BCUT2D eigenvalue weighted by Crippen LogP contribution is -2.06. The topological polar surface area (TPSA) is 120 Å². The third kappa shape index (κ3) is 2.46. The molecule has 3 rings (SSSR count). The number of fused-ring (bicyclic) bond motifs is 1. The number of nitrogen functional groups attached to an aromatic ring is 1. The summed E-state index contributed by atoms with van der Waals surface area (Å²) in [7, 11) is 0. The highest BCUT2D eigenvalue weighted by atomic mass is 32.1. The summed E-state index contributed by atoms with van der Waals surface area (Å²) >= 11 is 1.49. The molecule has 0 bridgehead atoms. The largest absolute Gasteiger partial charge is 0.368 e. The highest BCUT2D eigenvalue weighted by molar-refractivity contribution is 7.16. The first kappa shape index (κ1) is 13.2. The molecule has 2 aromatic heterocycles. The monoisotopic (exact) mass is 302 g/mol. The Kier molecular flexibility index (Phi) is 3.10. The average Bonchev–Trinajstić information content (AvgIpc) is 2.84. The van der Waals surface area contributed by atoms with E-state index in [9.17, 15) is 10.1 Å². The number of hydrogen-bond donors (Lipinski definition) is 2. The number of rotatable bonds is 3. The molecule has 0 saturated carbocycles. The Labute approximate surface area is 122 Å². The molecule has 0 aliphatic heterocycles. The summed E-state index contributed by atoms with van der Waals surface area (Å²) in [6.45, 7) is 1.52. The normalized spacial score (nSPS) is 10.7. The van der Waals surface area contributed by atoms with Crippen LogP contribution in [0.3, 0.4) is 0 Å². The minimum absolute atomic E-state index is 0.0144. The zero-order valence-electron chi connectivity index (χ0n) is 10.9. The van der Waals surface area contributed by atoms with E-state index >= 15 is 0 Å². The number of benzene rings is 1. The highest BCUT2D eigenvalue weighted by Gasteiger charge is 2.21. The van der Waals surface area contributed by atoms with Crippen LogP contribution in [0.5, 0.6) is 0 Å². The fourth-order valence-corrected chi connectivity index (χ4v) is 2.68. The van der Waals surface area contributed by atoms with Crippen LogP contribution in [0.2, 0.25) is 0 Å². The minimum atomic E-state index is -0.525. The second-order valence-electron chi connectivity index (χ2n) is 4.28. The van der Waals surface area contributed by atoms with Gasteiger partial charge in [-0.2, -0.15) is 4.98 Å². The lowest BCUT2D eigenvalue weighted by atomic mass is 10.3. The molecular weight excluding hydrogens is 292 g/mol. The van der Waals surface area contributed by atoms with Gasteiger partial charge in [0, 0.05) is 5.69 Å². The molecule has 8 nitrogen and oxygen atoms in total. The second kappa shape index (κ2) is 4.94.